The van der Waals surface area contributed by atoms with E-state index in [1.807, 2.05) is 24.3 Å². The number of phenolic OH excluding ortho intramolecular Hbond substituents is 1. The molecule has 1 spiro atoms. The van der Waals surface area contributed by atoms with Crippen LogP contribution >= 0.6 is 0 Å². The summed E-state index contributed by atoms with van der Waals surface area (Å²) >= 11 is 0. The first-order valence-corrected chi connectivity index (χ1v) is 14.9. The lowest BCUT2D eigenvalue weighted by Crippen LogP contribution is -2.48. The van der Waals surface area contributed by atoms with Crippen molar-refractivity contribution in [3.63, 3.8) is 0 Å². The maximum Gasteiger partial charge on any atom is 0.491 e. The van der Waals surface area contributed by atoms with Gasteiger partial charge in [-0.2, -0.15) is 4.90 Å². The normalized spacial score (nSPS) is 17.9. The van der Waals surface area contributed by atoms with E-state index >= 15 is 0 Å². The molecule has 0 atom stereocenters. The minimum atomic E-state index is -5.82. The third-order valence-electron chi connectivity index (χ3n) is 9.42. The maximum atomic E-state index is 14.5. The lowest BCUT2D eigenvalue weighted by Gasteiger charge is -2.51. The number of halogens is 6. The molecule has 0 amide bonds. The van der Waals surface area contributed by atoms with Crippen LogP contribution in [0.2, 0.25) is 0 Å². The van der Waals surface area contributed by atoms with Crippen molar-refractivity contribution in [2.75, 3.05) is 19.1 Å². The van der Waals surface area contributed by atoms with E-state index < -0.39 is 34.2 Å². The Bertz CT molecular complexity index is 1830. The van der Waals surface area contributed by atoms with Crippen LogP contribution in [0, 0.1) is 10.8 Å². The van der Waals surface area contributed by atoms with Gasteiger partial charge in [0.05, 0.1) is 19.9 Å². The highest BCUT2D eigenvalue weighted by Crippen LogP contribution is 2.65. The quantitative estimate of drug-likeness (QED) is 0.178. The van der Waals surface area contributed by atoms with E-state index in [0.717, 1.165) is 23.6 Å². The molecule has 10 heteroatoms. The van der Waals surface area contributed by atoms with Gasteiger partial charge < -0.3 is 14.6 Å². The van der Waals surface area contributed by atoms with E-state index in [4.69, 9.17) is 9.47 Å². The van der Waals surface area contributed by atoms with Gasteiger partial charge in [0.25, 0.3) is 0 Å². The molecule has 1 saturated carbocycles. The first-order chi connectivity index (χ1) is 21.3. The summed E-state index contributed by atoms with van der Waals surface area (Å²) in [6, 6.07) is 15.5. The van der Waals surface area contributed by atoms with Crippen LogP contribution in [0.1, 0.15) is 58.1 Å². The molecule has 2 aliphatic carbocycles. The predicted octanol–water partition coefficient (Wildman–Crippen LogP) is 10.6. The lowest BCUT2D eigenvalue weighted by atomic mass is 9.52. The largest absolute Gasteiger partial charge is 0.507 e. The Hall–Kier alpha value is -4.08. The summed E-state index contributed by atoms with van der Waals surface area (Å²) in [5.41, 5.74) is 0.492. The van der Waals surface area contributed by atoms with E-state index in [1.165, 1.54) is 38.5 Å². The number of hydrogen-bond acceptors (Lipinski definition) is 4. The minimum absolute atomic E-state index is 0.000802. The Kier molecular flexibility index (Phi) is 7.08. The van der Waals surface area contributed by atoms with Crippen molar-refractivity contribution in [2.45, 2.75) is 65.0 Å². The van der Waals surface area contributed by atoms with Gasteiger partial charge >= 0.3 is 12.6 Å². The van der Waals surface area contributed by atoms with Gasteiger partial charge in [-0.1, -0.05) is 52.0 Å². The molecule has 0 aromatic heterocycles. The molecule has 0 saturated heterocycles. The molecule has 4 aromatic rings. The number of alkyl halides is 6. The summed E-state index contributed by atoms with van der Waals surface area (Å²) in [4.78, 5) is -1.47. The summed E-state index contributed by atoms with van der Waals surface area (Å²) in [6.45, 7) is 8.70. The highest BCUT2D eigenvalue weighted by atomic mass is 19.4. The molecule has 1 fully saturated rings. The number of fused-ring (bicyclic) bond motifs is 7. The number of anilines is 1. The van der Waals surface area contributed by atoms with E-state index in [2.05, 4.69) is 27.7 Å². The van der Waals surface area contributed by atoms with Crippen molar-refractivity contribution in [1.29, 1.82) is 0 Å². The van der Waals surface area contributed by atoms with E-state index in [1.54, 1.807) is 6.07 Å². The molecule has 1 N–H and O–H groups in total. The van der Waals surface area contributed by atoms with Crippen LogP contribution in [-0.4, -0.2) is 31.9 Å². The van der Waals surface area contributed by atoms with Gasteiger partial charge in [0.15, 0.2) is 0 Å². The zero-order chi connectivity index (χ0) is 33.6. The van der Waals surface area contributed by atoms with Crippen LogP contribution in [0.15, 0.2) is 60.7 Å². The second-order valence-electron chi connectivity index (χ2n) is 14.1. The van der Waals surface area contributed by atoms with Gasteiger partial charge in [-0.05, 0) is 88.1 Å². The van der Waals surface area contributed by atoms with E-state index in [-0.39, 0.29) is 38.7 Å². The molecule has 0 unspecified atom stereocenters. The Morgan fingerprint density at radius 3 is 1.89 bits per heavy atom. The summed E-state index contributed by atoms with van der Waals surface area (Å²) in [6.07, 6.45) is -9.32. The SMILES string of the molecule is COc1ccc(-c2cc3c(O)cc4c(c3cc2N(C(F)(F)F)C(F)(F)F)-c2ccccc2C42CC(C)(C)CC(C)(C)C2)c(OC)c1. The number of rotatable bonds is 4. The van der Waals surface area contributed by atoms with Crippen molar-refractivity contribution < 1.29 is 40.9 Å². The summed E-state index contributed by atoms with van der Waals surface area (Å²) < 4.78 is 97.3. The second-order valence-corrected chi connectivity index (χ2v) is 14.1. The number of aromatic hydroxyl groups is 1. The van der Waals surface area contributed by atoms with Crippen molar-refractivity contribution in [2.24, 2.45) is 10.8 Å². The van der Waals surface area contributed by atoms with Crippen molar-refractivity contribution >= 4 is 16.5 Å². The minimum Gasteiger partial charge on any atom is -0.507 e. The monoisotopic (exact) mass is 643 g/mol. The Labute approximate surface area is 263 Å². The standard InChI is InChI=1S/C36H35F6NO3/c1-32(2)17-33(3,4)19-34(18-32)26-10-8-7-9-22(26)31-25-15-28(43(35(37,38)39)36(40,41)42)23(14-24(25)29(44)16-27(31)34)21-12-11-20(45-5)13-30(21)46-6/h7-16,44H,17-19H2,1-6H3. The molecule has 4 nitrogen and oxygen atoms in total. The number of nitrogens with zero attached hydrogens (tertiary/aromatic N) is 1. The Morgan fingerprint density at radius 2 is 1.30 bits per heavy atom. The third kappa shape index (κ3) is 5.00. The molecule has 0 bridgehead atoms. The average Bonchev–Trinajstić information content (AvgIpc) is 3.17. The maximum absolute atomic E-state index is 14.5. The van der Waals surface area contributed by atoms with Gasteiger partial charge in [0, 0.05) is 28.0 Å². The third-order valence-corrected chi connectivity index (χ3v) is 9.42. The fourth-order valence-corrected chi connectivity index (χ4v) is 8.71. The van der Waals surface area contributed by atoms with Crippen molar-refractivity contribution in [3.05, 3.63) is 71.8 Å². The van der Waals surface area contributed by atoms with Gasteiger partial charge in [-0.3, -0.25) is 0 Å². The molecule has 244 valence electrons. The fourth-order valence-electron chi connectivity index (χ4n) is 8.71. The number of phenols is 1. The molecule has 6 rings (SSSR count). The van der Waals surface area contributed by atoms with Crippen LogP contribution in [0.25, 0.3) is 33.0 Å². The van der Waals surface area contributed by atoms with Crippen LogP contribution in [0.4, 0.5) is 32.0 Å². The molecule has 0 heterocycles. The Balaban J connectivity index is 1.76. The van der Waals surface area contributed by atoms with Gasteiger partial charge in [-0.15, -0.1) is 26.3 Å². The van der Waals surface area contributed by atoms with Gasteiger partial charge in [0.1, 0.15) is 17.2 Å². The fraction of sp³-hybridized carbons (Fsp3) is 0.389. The zero-order valence-corrected chi connectivity index (χ0v) is 26.4. The smallest absolute Gasteiger partial charge is 0.491 e. The molecule has 4 aromatic carbocycles. The van der Waals surface area contributed by atoms with Crippen LogP contribution in [0.5, 0.6) is 17.2 Å². The molecular formula is C36H35F6NO3. The van der Waals surface area contributed by atoms with Gasteiger partial charge in [0.2, 0.25) is 0 Å². The molecule has 46 heavy (non-hydrogen) atoms. The molecule has 0 radical (unpaired) electrons. The predicted molar refractivity (Wildman–Crippen MR) is 166 cm³/mol. The molecule has 2 aliphatic rings. The van der Waals surface area contributed by atoms with Crippen molar-refractivity contribution in [3.8, 4) is 39.5 Å². The van der Waals surface area contributed by atoms with Crippen LogP contribution in [0.3, 0.4) is 0 Å². The zero-order valence-electron chi connectivity index (χ0n) is 26.4. The van der Waals surface area contributed by atoms with Crippen molar-refractivity contribution in [1.82, 2.24) is 0 Å². The van der Waals surface area contributed by atoms with E-state index in [0.29, 0.717) is 29.7 Å². The Morgan fingerprint density at radius 1 is 0.674 bits per heavy atom. The number of ether oxygens (including phenoxy) is 2. The van der Waals surface area contributed by atoms with Gasteiger partial charge in [-0.25, -0.2) is 0 Å². The van der Waals surface area contributed by atoms with Crippen LogP contribution < -0.4 is 14.4 Å². The molecular weight excluding hydrogens is 608 g/mol. The number of methoxy groups -OCH3 is 2. The number of hydrogen-bond donors (Lipinski definition) is 1. The topological polar surface area (TPSA) is 41.9 Å². The first-order valence-electron chi connectivity index (χ1n) is 14.9. The summed E-state index contributed by atoms with van der Waals surface area (Å²) in [5, 5.41) is 11.8. The number of benzene rings is 4. The van der Waals surface area contributed by atoms with E-state index in [9.17, 15) is 31.4 Å². The first kappa shape index (κ1) is 31.9. The highest BCUT2D eigenvalue weighted by Gasteiger charge is 2.56. The summed E-state index contributed by atoms with van der Waals surface area (Å²) in [7, 11) is 2.64. The van der Waals surface area contributed by atoms with Crippen LogP contribution in [-0.2, 0) is 5.41 Å². The lowest BCUT2D eigenvalue weighted by molar-refractivity contribution is -0.226. The summed E-state index contributed by atoms with van der Waals surface area (Å²) in [5.74, 6) is 0.0705. The second kappa shape index (κ2) is 10.2. The molecule has 0 aliphatic heterocycles. The highest BCUT2D eigenvalue weighted by molar-refractivity contribution is 6.09. The average molecular weight is 644 g/mol.